The van der Waals surface area contributed by atoms with Crippen LogP contribution in [0.15, 0.2) is 24.3 Å². The van der Waals surface area contributed by atoms with Crippen molar-refractivity contribution < 1.29 is 4.92 Å². The largest absolute Gasteiger partial charge is 0.309 e. The van der Waals surface area contributed by atoms with E-state index in [4.69, 9.17) is 0 Å². The van der Waals surface area contributed by atoms with Crippen molar-refractivity contribution in [2.24, 2.45) is 0 Å². The molecule has 0 aromatic heterocycles. The Kier molecular flexibility index (Phi) is 5.22. The zero-order valence-corrected chi connectivity index (χ0v) is 12.0. The lowest BCUT2D eigenvalue weighted by atomic mass is 10.1. The van der Waals surface area contributed by atoms with Crippen LogP contribution in [0.1, 0.15) is 37.8 Å². The first-order chi connectivity index (χ1) is 9.16. The fourth-order valence-corrected chi connectivity index (χ4v) is 3.53. The van der Waals surface area contributed by atoms with Gasteiger partial charge in [0.05, 0.1) is 4.92 Å². The number of benzene rings is 1. The SMILES string of the molecule is CC(NCC1CCCCS1)c1ccc([N+](=O)[O-])cc1. The number of non-ortho nitro benzene ring substituents is 1. The number of thioether (sulfide) groups is 1. The van der Waals surface area contributed by atoms with E-state index in [0.29, 0.717) is 5.25 Å². The molecule has 1 aromatic rings. The zero-order chi connectivity index (χ0) is 13.7. The number of nitrogens with one attached hydrogen (secondary N) is 1. The molecule has 1 N–H and O–H groups in total. The molecule has 0 bridgehead atoms. The highest BCUT2D eigenvalue weighted by Gasteiger charge is 2.15. The van der Waals surface area contributed by atoms with Gasteiger partial charge in [0.2, 0.25) is 0 Å². The van der Waals surface area contributed by atoms with Gasteiger partial charge in [-0.05, 0) is 31.1 Å². The van der Waals surface area contributed by atoms with Gasteiger partial charge in [0.15, 0.2) is 0 Å². The molecule has 1 aliphatic rings. The van der Waals surface area contributed by atoms with Crippen molar-refractivity contribution in [2.45, 2.75) is 37.5 Å². The van der Waals surface area contributed by atoms with Crippen LogP contribution in [0.4, 0.5) is 5.69 Å². The van der Waals surface area contributed by atoms with Gasteiger partial charge in [-0.3, -0.25) is 10.1 Å². The van der Waals surface area contributed by atoms with Crippen molar-refractivity contribution in [3.8, 4) is 0 Å². The quantitative estimate of drug-likeness (QED) is 0.662. The molecule has 1 heterocycles. The number of rotatable bonds is 5. The second-order valence-corrected chi connectivity index (χ2v) is 6.38. The Morgan fingerprint density at radius 3 is 2.74 bits per heavy atom. The summed E-state index contributed by atoms with van der Waals surface area (Å²) in [6, 6.07) is 7.06. The molecule has 2 rings (SSSR count). The van der Waals surface area contributed by atoms with Crippen LogP contribution in [-0.2, 0) is 0 Å². The Morgan fingerprint density at radius 1 is 1.42 bits per heavy atom. The maximum atomic E-state index is 10.6. The van der Waals surface area contributed by atoms with E-state index in [9.17, 15) is 10.1 Å². The van der Waals surface area contributed by atoms with Gasteiger partial charge in [0, 0.05) is 30.0 Å². The molecule has 104 valence electrons. The van der Waals surface area contributed by atoms with Gasteiger partial charge in [-0.25, -0.2) is 0 Å². The minimum absolute atomic E-state index is 0.152. The maximum Gasteiger partial charge on any atom is 0.269 e. The molecule has 5 heteroatoms. The van der Waals surface area contributed by atoms with E-state index in [1.54, 1.807) is 12.1 Å². The molecular formula is C14H20N2O2S. The lowest BCUT2D eigenvalue weighted by molar-refractivity contribution is -0.384. The van der Waals surface area contributed by atoms with Crippen LogP contribution >= 0.6 is 11.8 Å². The Hall–Kier alpha value is -1.07. The molecule has 1 aliphatic heterocycles. The summed E-state index contributed by atoms with van der Waals surface area (Å²) in [4.78, 5) is 10.2. The topological polar surface area (TPSA) is 55.2 Å². The standard InChI is InChI=1S/C14H20N2O2S/c1-11(15-10-14-4-2-3-9-19-14)12-5-7-13(8-6-12)16(17)18/h5-8,11,14-15H,2-4,9-10H2,1H3. The second kappa shape index (κ2) is 6.91. The van der Waals surface area contributed by atoms with Gasteiger partial charge < -0.3 is 5.32 Å². The maximum absolute atomic E-state index is 10.6. The lowest BCUT2D eigenvalue weighted by Gasteiger charge is -2.23. The van der Waals surface area contributed by atoms with Crippen LogP contribution in [0.2, 0.25) is 0 Å². The van der Waals surface area contributed by atoms with Gasteiger partial charge in [-0.2, -0.15) is 11.8 Å². The van der Waals surface area contributed by atoms with Crippen LogP contribution in [0.3, 0.4) is 0 Å². The van der Waals surface area contributed by atoms with Crippen molar-refractivity contribution in [3.63, 3.8) is 0 Å². The smallest absolute Gasteiger partial charge is 0.269 e. The average Bonchev–Trinajstić information content (AvgIpc) is 2.46. The molecule has 2 atom stereocenters. The lowest BCUT2D eigenvalue weighted by Crippen LogP contribution is -2.28. The molecule has 2 unspecified atom stereocenters. The highest BCUT2D eigenvalue weighted by atomic mass is 32.2. The first-order valence-electron chi connectivity index (χ1n) is 6.76. The van der Waals surface area contributed by atoms with E-state index in [2.05, 4.69) is 24.0 Å². The summed E-state index contributed by atoms with van der Waals surface area (Å²) in [7, 11) is 0. The first-order valence-corrected chi connectivity index (χ1v) is 7.81. The number of hydrogen-bond donors (Lipinski definition) is 1. The van der Waals surface area contributed by atoms with Crippen LogP contribution < -0.4 is 5.32 Å². The van der Waals surface area contributed by atoms with E-state index in [-0.39, 0.29) is 16.7 Å². The minimum atomic E-state index is -0.361. The van der Waals surface area contributed by atoms with Gasteiger partial charge in [0.1, 0.15) is 0 Å². The van der Waals surface area contributed by atoms with Crippen molar-refractivity contribution in [3.05, 3.63) is 39.9 Å². The van der Waals surface area contributed by atoms with Crippen molar-refractivity contribution >= 4 is 17.4 Å². The molecular weight excluding hydrogens is 260 g/mol. The normalized spacial score (nSPS) is 21.0. The Balaban J connectivity index is 1.84. The average molecular weight is 280 g/mol. The molecule has 1 saturated heterocycles. The van der Waals surface area contributed by atoms with Crippen molar-refractivity contribution in [1.29, 1.82) is 0 Å². The van der Waals surface area contributed by atoms with E-state index >= 15 is 0 Å². The molecule has 0 amide bonds. The highest BCUT2D eigenvalue weighted by molar-refractivity contribution is 7.99. The molecule has 1 aromatic carbocycles. The Labute approximate surface area is 118 Å². The summed E-state index contributed by atoms with van der Waals surface area (Å²) in [5.74, 6) is 1.28. The molecule has 1 fully saturated rings. The monoisotopic (exact) mass is 280 g/mol. The van der Waals surface area contributed by atoms with Crippen LogP contribution in [0.5, 0.6) is 0 Å². The Morgan fingerprint density at radius 2 is 2.16 bits per heavy atom. The van der Waals surface area contributed by atoms with Crippen LogP contribution in [-0.4, -0.2) is 22.5 Å². The van der Waals surface area contributed by atoms with Crippen LogP contribution in [0, 0.1) is 10.1 Å². The summed E-state index contributed by atoms with van der Waals surface area (Å²) in [6.45, 7) is 3.12. The summed E-state index contributed by atoms with van der Waals surface area (Å²) in [6.07, 6.45) is 3.98. The van der Waals surface area contributed by atoms with E-state index in [1.807, 2.05) is 12.1 Å². The van der Waals surface area contributed by atoms with Gasteiger partial charge in [-0.1, -0.05) is 18.6 Å². The van der Waals surface area contributed by atoms with E-state index < -0.39 is 0 Å². The van der Waals surface area contributed by atoms with E-state index in [0.717, 1.165) is 12.1 Å². The minimum Gasteiger partial charge on any atom is -0.309 e. The molecule has 0 spiro atoms. The fourth-order valence-electron chi connectivity index (χ4n) is 2.28. The van der Waals surface area contributed by atoms with Gasteiger partial charge in [-0.15, -0.1) is 0 Å². The molecule has 0 aliphatic carbocycles. The zero-order valence-electron chi connectivity index (χ0n) is 11.2. The van der Waals surface area contributed by atoms with Crippen LogP contribution in [0.25, 0.3) is 0 Å². The summed E-state index contributed by atoms with van der Waals surface area (Å²) in [5.41, 5.74) is 1.25. The Bertz CT molecular complexity index is 416. The first kappa shape index (κ1) is 14.3. The summed E-state index contributed by atoms with van der Waals surface area (Å²) >= 11 is 2.05. The van der Waals surface area contributed by atoms with Gasteiger partial charge in [0.25, 0.3) is 5.69 Å². The predicted molar refractivity (Wildman–Crippen MR) is 79.6 cm³/mol. The molecule has 0 radical (unpaired) electrons. The summed E-state index contributed by atoms with van der Waals surface area (Å²) < 4.78 is 0. The van der Waals surface area contributed by atoms with Crippen molar-refractivity contribution in [2.75, 3.05) is 12.3 Å². The highest BCUT2D eigenvalue weighted by Crippen LogP contribution is 2.25. The number of hydrogen-bond acceptors (Lipinski definition) is 4. The predicted octanol–water partition coefficient (Wildman–Crippen LogP) is 3.53. The third kappa shape index (κ3) is 4.21. The van der Waals surface area contributed by atoms with Gasteiger partial charge >= 0.3 is 0 Å². The second-order valence-electron chi connectivity index (χ2n) is 4.97. The molecule has 0 saturated carbocycles. The number of nitro groups is 1. The summed E-state index contributed by atoms with van der Waals surface area (Å²) in [5, 5.41) is 14.8. The third-order valence-electron chi connectivity index (χ3n) is 3.53. The van der Waals surface area contributed by atoms with Crippen molar-refractivity contribution in [1.82, 2.24) is 5.32 Å². The third-order valence-corrected chi connectivity index (χ3v) is 4.93. The molecule has 4 nitrogen and oxygen atoms in total. The fraction of sp³-hybridized carbons (Fsp3) is 0.571. The molecule has 19 heavy (non-hydrogen) atoms. The number of nitro benzene ring substituents is 1. The van der Waals surface area contributed by atoms with E-state index in [1.165, 1.54) is 25.0 Å². The number of nitrogens with zero attached hydrogens (tertiary/aromatic N) is 1.